The molecule has 0 amide bonds. The highest BCUT2D eigenvalue weighted by molar-refractivity contribution is 6.26. The Morgan fingerprint density at radius 3 is 1.90 bits per heavy atom. The minimum Gasteiger partial charge on any atom is -0.411 e. The molecule has 2 aromatic carbocycles. The summed E-state index contributed by atoms with van der Waals surface area (Å²) in [5.74, 6) is 0. The summed E-state index contributed by atoms with van der Waals surface area (Å²) in [6.45, 7) is 5.93. The standard InChI is InChI=1S/C18H19NO/c1-13-4-8-16(9-5-13)12-18(15(3)19-20)17-10-6-14(2)7-11-17/h4-12,20H,1-3H3/b18-12-,19-15?. The van der Waals surface area contributed by atoms with Gasteiger partial charge in [0.2, 0.25) is 0 Å². The highest BCUT2D eigenvalue weighted by atomic mass is 16.4. The Hall–Kier alpha value is -2.35. The Morgan fingerprint density at radius 1 is 0.900 bits per heavy atom. The van der Waals surface area contributed by atoms with E-state index < -0.39 is 0 Å². The van der Waals surface area contributed by atoms with Gasteiger partial charge in [-0.3, -0.25) is 0 Å². The number of aryl methyl sites for hydroxylation is 2. The van der Waals surface area contributed by atoms with Crippen molar-refractivity contribution in [3.63, 3.8) is 0 Å². The van der Waals surface area contributed by atoms with Gasteiger partial charge in [0, 0.05) is 5.57 Å². The van der Waals surface area contributed by atoms with Crippen LogP contribution in [0.15, 0.2) is 53.7 Å². The van der Waals surface area contributed by atoms with Gasteiger partial charge in [0.25, 0.3) is 0 Å². The van der Waals surface area contributed by atoms with Crippen LogP contribution in [0.2, 0.25) is 0 Å². The maximum absolute atomic E-state index is 9.09. The predicted molar refractivity (Wildman–Crippen MR) is 85.1 cm³/mol. The van der Waals surface area contributed by atoms with Gasteiger partial charge in [0.1, 0.15) is 0 Å². The zero-order valence-corrected chi connectivity index (χ0v) is 12.1. The molecule has 2 rings (SSSR count). The lowest BCUT2D eigenvalue weighted by Crippen LogP contribution is -1.97. The lowest BCUT2D eigenvalue weighted by molar-refractivity contribution is 0.319. The van der Waals surface area contributed by atoms with Crippen molar-refractivity contribution in [2.45, 2.75) is 20.8 Å². The van der Waals surface area contributed by atoms with E-state index in [1.54, 1.807) is 6.92 Å². The van der Waals surface area contributed by atoms with Gasteiger partial charge in [0.15, 0.2) is 0 Å². The van der Waals surface area contributed by atoms with Crippen LogP contribution in [0, 0.1) is 13.8 Å². The summed E-state index contributed by atoms with van der Waals surface area (Å²) >= 11 is 0. The third kappa shape index (κ3) is 3.35. The molecule has 0 aromatic heterocycles. The highest BCUT2D eigenvalue weighted by Gasteiger charge is 2.06. The van der Waals surface area contributed by atoms with Crippen molar-refractivity contribution in [1.82, 2.24) is 0 Å². The molecule has 0 spiro atoms. The van der Waals surface area contributed by atoms with Crippen molar-refractivity contribution in [1.29, 1.82) is 0 Å². The molecule has 0 bridgehead atoms. The van der Waals surface area contributed by atoms with Gasteiger partial charge in [0.05, 0.1) is 5.71 Å². The molecule has 0 radical (unpaired) electrons. The maximum Gasteiger partial charge on any atom is 0.0843 e. The molecular weight excluding hydrogens is 246 g/mol. The van der Waals surface area contributed by atoms with Crippen molar-refractivity contribution < 1.29 is 5.21 Å². The average molecular weight is 265 g/mol. The first kappa shape index (κ1) is 14.1. The van der Waals surface area contributed by atoms with Crippen molar-refractivity contribution >= 4 is 17.4 Å². The second-order valence-corrected chi connectivity index (χ2v) is 5.02. The lowest BCUT2D eigenvalue weighted by Gasteiger charge is -2.07. The van der Waals surface area contributed by atoms with Gasteiger partial charge in [-0.15, -0.1) is 0 Å². The van der Waals surface area contributed by atoms with E-state index >= 15 is 0 Å². The van der Waals surface area contributed by atoms with E-state index in [4.69, 9.17) is 5.21 Å². The number of oxime groups is 1. The Labute approximate surface area is 120 Å². The Balaban J connectivity index is 2.47. The van der Waals surface area contributed by atoms with Crippen LogP contribution in [0.5, 0.6) is 0 Å². The fourth-order valence-electron chi connectivity index (χ4n) is 2.01. The molecule has 0 heterocycles. The van der Waals surface area contributed by atoms with E-state index in [1.165, 1.54) is 11.1 Å². The molecule has 0 atom stereocenters. The molecule has 0 aliphatic rings. The molecule has 0 saturated heterocycles. The number of hydrogen-bond donors (Lipinski definition) is 1. The summed E-state index contributed by atoms with van der Waals surface area (Å²) in [4.78, 5) is 0. The second-order valence-electron chi connectivity index (χ2n) is 5.02. The topological polar surface area (TPSA) is 32.6 Å². The summed E-state index contributed by atoms with van der Waals surface area (Å²) in [7, 11) is 0. The van der Waals surface area contributed by atoms with Crippen LogP contribution < -0.4 is 0 Å². The van der Waals surface area contributed by atoms with Crippen LogP contribution >= 0.6 is 0 Å². The Kier molecular flexibility index (Phi) is 4.36. The summed E-state index contributed by atoms with van der Waals surface area (Å²) in [6, 6.07) is 16.5. The quantitative estimate of drug-likeness (QED) is 0.371. The van der Waals surface area contributed by atoms with Crippen LogP contribution in [0.1, 0.15) is 29.2 Å². The lowest BCUT2D eigenvalue weighted by atomic mass is 9.98. The first-order valence-corrected chi connectivity index (χ1v) is 6.64. The van der Waals surface area contributed by atoms with Crippen LogP contribution in [0.3, 0.4) is 0 Å². The molecule has 0 fully saturated rings. The normalized spacial score (nSPS) is 12.6. The SMILES string of the molecule is CC(=NO)/C(=C/c1ccc(C)cc1)c1ccc(C)cc1. The number of nitrogens with zero attached hydrogens (tertiary/aromatic N) is 1. The molecule has 0 saturated carbocycles. The molecule has 0 aliphatic carbocycles. The van der Waals surface area contributed by atoms with E-state index in [1.807, 2.05) is 18.2 Å². The number of allylic oxidation sites excluding steroid dienone is 1. The van der Waals surface area contributed by atoms with Gasteiger partial charge >= 0.3 is 0 Å². The predicted octanol–water partition coefficient (Wildman–Crippen LogP) is 4.69. The summed E-state index contributed by atoms with van der Waals surface area (Å²) in [6.07, 6.45) is 2.04. The molecule has 102 valence electrons. The van der Waals surface area contributed by atoms with Gasteiger partial charge in [-0.05, 0) is 38.0 Å². The van der Waals surface area contributed by atoms with Gasteiger partial charge in [-0.25, -0.2) is 0 Å². The molecule has 2 aromatic rings. The Bertz CT molecular complexity index is 634. The van der Waals surface area contributed by atoms with Crippen molar-refractivity contribution in [3.05, 3.63) is 70.8 Å². The second kappa shape index (κ2) is 6.20. The first-order chi connectivity index (χ1) is 9.60. The minimum atomic E-state index is 0.606. The molecule has 1 N–H and O–H groups in total. The van der Waals surface area contributed by atoms with E-state index in [-0.39, 0.29) is 0 Å². The highest BCUT2D eigenvalue weighted by Crippen LogP contribution is 2.21. The van der Waals surface area contributed by atoms with Crippen molar-refractivity contribution in [3.8, 4) is 0 Å². The number of hydrogen-bond acceptors (Lipinski definition) is 2. The van der Waals surface area contributed by atoms with E-state index in [0.29, 0.717) is 5.71 Å². The van der Waals surface area contributed by atoms with Crippen LogP contribution in [-0.2, 0) is 0 Å². The van der Waals surface area contributed by atoms with Gasteiger partial charge in [-0.2, -0.15) is 0 Å². The molecule has 2 heteroatoms. The molecular formula is C18H19NO. The summed E-state index contributed by atoms with van der Waals surface area (Å²) in [5.41, 5.74) is 6.11. The van der Waals surface area contributed by atoms with Crippen LogP contribution in [0.4, 0.5) is 0 Å². The maximum atomic E-state index is 9.09. The largest absolute Gasteiger partial charge is 0.411 e. The van der Waals surface area contributed by atoms with E-state index in [0.717, 1.165) is 16.7 Å². The monoisotopic (exact) mass is 265 g/mol. The van der Waals surface area contributed by atoms with E-state index in [2.05, 4.69) is 55.4 Å². The zero-order valence-electron chi connectivity index (χ0n) is 12.1. The smallest absolute Gasteiger partial charge is 0.0843 e. The average Bonchev–Trinajstić information content (AvgIpc) is 2.47. The number of rotatable bonds is 3. The molecule has 2 nitrogen and oxygen atoms in total. The van der Waals surface area contributed by atoms with Gasteiger partial charge in [-0.1, -0.05) is 64.8 Å². The van der Waals surface area contributed by atoms with Crippen molar-refractivity contribution in [2.24, 2.45) is 5.16 Å². The summed E-state index contributed by atoms with van der Waals surface area (Å²) < 4.78 is 0. The third-order valence-electron chi connectivity index (χ3n) is 3.29. The molecule has 0 aliphatic heterocycles. The molecule has 20 heavy (non-hydrogen) atoms. The minimum absolute atomic E-state index is 0.606. The number of benzene rings is 2. The van der Waals surface area contributed by atoms with E-state index in [9.17, 15) is 0 Å². The fraction of sp³-hybridized carbons (Fsp3) is 0.167. The first-order valence-electron chi connectivity index (χ1n) is 6.64. The summed E-state index contributed by atoms with van der Waals surface area (Å²) in [5, 5.41) is 12.4. The fourth-order valence-corrected chi connectivity index (χ4v) is 2.01. The third-order valence-corrected chi connectivity index (χ3v) is 3.29. The Morgan fingerprint density at radius 2 is 1.40 bits per heavy atom. The van der Waals surface area contributed by atoms with Crippen molar-refractivity contribution in [2.75, 3.05) is 0 Å². The zero-order chi connectivity index (χ0) is 14.5. The molecule has 0 unspecified atom stereocenters. The van der Waals surface area contributed by atoms with Crippen LogP contribution in [0.25, 0.3) is 11.6 Å². The van der Waals surface area contributed by atoms with Crippen LogP contribution in [-0.4, -0.2) is 10.9 Å². The van der Waals surface area contributed by atoms with Gasteiger partial charge < -0.3 is 5.21 Å².